The molecule has 0 saturated heterocycles. The molecule has 0 spiro atoms. The van der Waals surface area contributed by atoms with Crippen molar-refractivity contribution in [3.8, 4) is 0 Å². The van der Waals surface area contributed by atoms with Gasteiger partial charge in [-0.15, -0.1) is 11.8 Å². The summed E-state index contributed by atoms with van der Waals surface area (Å²) in [6, 6.07) is 12.1. The lowest BCUT2D eigenvalue weighted by Crippen LogP contribution is -2.41. The van der Waals surface area contributed by atoms with Crippen LogP contribution in [0.2, 0.25) is 5.02 Å². The summed E-state index contributed by atoms with van der Waals surface area (Å²) in [5, 5.41) is 3.48. The summed E-state index contributed by atoms with van der Waals surface area (Å²) in [6.45, 7) is 2.64. The predicted molar refractivity (Wildman–Crippen MR) is 101 cm³/mol. The van der Waals surface area contributed by atoms with Gasteiger partial charge >= 0.3 is 12.0 Å². The molecule has 0 radical (unpaired) electrons. The second-order valence-corrected chi connectivity index (χ2v) is 7.54. The van der Waals surface area contributed by atoms with Crippen molar-refractivity contribution in [2.75, 3.05) is 23.9 Å². The minimum Gasteiger partial charge on any atom is -0.465 e. The average molecular weight is 377 g/mol. The number of carbonyl (C=O) groups excluding carboxylic acids is 2. The molecule has 0 bridgehead atoms. The molecule has 0 fully saturated rings. The summed E-state index contributed by atoms with van der Waals surface area (Å²) < 4.78 is 4.77. The van der Waals surface area contributed by atoms with Crippen molar-refractivity contribution < 1.29 is 14.3 Å². The number of anilines is 2. The van der Waals surface area contributed by atoms with Crippen molar-refractivity contribution in [3.63, 3.8) is 0 Å². The van der Waals surface area contributed by atoms with E-state index in [1.54, 1.807) is 28.8 Å². The monoisotopic (exact) mass is 376 g/mol. The van der Waals surface area contributed by atoms with Gasteiger partial charge in [0.2, 0.25) is 0 Å². The first-order valence-corrected chi connectivity index (χ1v) is 8.97. The lowest BCUT2D eigenvalue weighted by atomic mass is 10.2. The van der Waals surface area contributed by atoms with E-state index in [2.05, 4.69) is 12.2 Å². The van der Waals surface area contributed by atoms with E-state index in [-0.39, 0.29) is 16.8 Å². The molecule has 7 heteroatoms. The van der Waals surface area contributed by atoms with Crippen LogP contribution in [0.15, 0.2) is 47.4 Å². The van der Waals surface area contributed by atoms with E-state index < -0.39 is 5.97 Å². The first-order valence-electron chi connectivity index (χ1n) is 7.71. The Hall–Kier alpha value is -2.18. The van der Waals surface area contributed by atoms with Crippen molar-refractivity contribution in [1.29, 1.82) is 0 Å². The van der Waals surface area contributed by atoms with Crippen molar-refractivity contribution in [1.82, 2.24) is 0 Å². The third-order valence-electron chi connectivity index (χ3n) is 3.80. The van der Waals surface area contributed by atoms with Gasteiger partial charge in [0.1, 0.15) is 0 Å². The van der Waals surface area contributed by atoms with Gasteiger partial charge in [-0.1, -0.05) is 30.7 Å². The molecular weight excluding hydrogens is 360 g/mol. The third-order valence-corrected chi connectivity index (χ3v) is 5.18. The van der Waals surface area contributed by atoms with Crippen LogP contribution in [0.3, 0.4) is 0 Å². The van der Waals surface area contributed by atoms with Crippen molar-refractivity contribution in [2.24, 2.45) is 0 Å². The number of fused-ring (bicyclic) bond motifs is 1. The summed E-state index contributed by atoms with van der Waals surface area (Å²) in [7, 11) is 1.29. The highest BCUT2D eigenvalue weighted by molar-refractivity contribution is 8.00. The SMILES string of the molecule is COC(=O)c1ccc(Cl)cc1NC(=O)N1CC(C)Sc2ccccc21. The quantitative estimate of drug-likeness (QED) is 0.774. The molecule has 1 heterocycles. The molecule has 2 aromatic rings. The molecule has 2 amide bonds. The van der Waals surface area contributed by atoms with Gasteiger partial charge in [-0.05, 0) is 30.3 Å². The molecule has 1 unspecified atom stereocenters. The Morgan fingerprint density at radius 3 is 2.80 bits per heavy atom. The molecule has 3 rings (SSSR count). The lowest BCUT2D eigenvalue weighted by Gasteiger charge is -2.32. The van der Waals surface area contributed by atoms with Gasteiger partial charge in [0, 0.05) is 21.7 Å². The fourth-order valence-electron chi connectivity index (χ4n) is 2.67. The van der Waals surface area contributed by atoms with Crippen LogP contribution < -0.4 is 10.2 Å². The number of para-hydroxylation sites is 1. The second-order valence-electron chi connectivity index (χ2n) is 5.62. The van der Waals surface area contributed by atoms with Crippen LogP contribution in [0.1, 0.15) is 17.3 Å². The Kier molecular flexibility index (Phi) is 5.20. The zero-order valence-electron chi connectivity index (χ0n) is 13.8. The fourth-order valence-corrected chi connectivity index (χ4v) is 3.96. The average Bonchev–Trinajstić information content (AvgIpc) is 2.60. The zero-order chi connectivity index (χ0) is 18.0. The molecule has 130 valence electrons. The Labute approximate surface area is 155 Å². The maximum absolute atomic E-state index is 12.9. The van der Waals surface area contributed by atoms with Crippen molar-refractivity contribution >= 4 is 46.7 Å². The maximum atomic E-state index is 12.9. The largest absolute Gasteiger partial charge is 0.465 e. The highest BCUT2D eigenvalue weighted by atomic mass is 35.5. The van der Waals surface area contributed by atoms with E-state index in [0.717, 1.165) is 10.6 Å². The van der Waals surface area contributed by atoms with Crippen LogP contribution in [0.25, 0.3) is 0 Å². The van der Waals surface area contributed by atoms with Gasteiger partial charge in [-0.2, -0.15) is 0 Å². The number of urea groups is 1. The first kappa shape index (κ1) is 17.6. The number of methoxy groups -OCH3 is 1. The Morgan fingerprint density at radius 2 is 2.04 bits per heavy atom. The number of hydrogen-bond acceptors (Lipinski definition) is 4. The van der Waals surface area contributed by atoms with E-state index in [1.807, 2.05) is 24.3 Å². The van der Waals surface area contributed by atoms with Crippen molar-refractivity contribution in [3.05, 3.63) is 53.1 Å². The van der Waals surface area contributed by atoms with Crippen LogP contribution in [-0.4, -0.2) is 30.9 Å². The van der Waals surface area contributed by atoms with Crippen LogP contribution >= 0.6 is 23.4 Å². The van der Waals surface area contributed by atoms with E-state index in [4.69, 9.17) is 16.3 Å². The van der Waals surface area contributed by atoms with E-state index >= 15 is 0 Å². The highest BCUT2D eigenvalue weighted by Crippen LogP contribution is 2.38. The van der Waals surface area contributed by atoms with Gasteiger partial charge in [0.05, 0.1) is 24.0 Å². The lowest BCUT2D eigenvalue weighted by molar-refractivity contribution is 0.0602. The molecule has 25 heavy (non-hydrogen) atoms. The van der Waals surface area contributed by atoms with E-state index in [0.29, 0.717) is 17.3 Å². The highest BCUT2D eigenvalue weighted by Gasteiger charge is 2.27. The number of esters is 1. The minimum atomic E-state index is -0.532. The Bertz CT molecular complexity index is 828. The molecule has 1 atom stereocenters. The molecule has 0 aliphatic carbocycles. The summed E-state index contributed by atoms with van der Waals surface area (Å²) in [4.78, 5) is 27.5. The van der Waals surface area contributed by atoms with Gasteiger partial charge in [0.25, 0.3) is 0 Å². The minimum absolute atomic E-state index is 0.257. The standard InChI is InChI=1S/C18H17ClN2O3S/c1-11-10-21(15-5-3-4-6-16(15)25-11)18(23)20-14-9-12(19)7-8-13(14)17(22)24-2/h3-9,11H,10H2,1-2H3,(H,20,23). The molecule has 1 aliphatic heterocycles. The number of amides is 2. The summed E-state index contributed by atoms with van der Waals surface area (Å²) in [5.41, 5.74) is 1.44. The number of hydrogen-bond donors (Lipinski definition) is 1. The Morgan fingerprint density at radius 1 is 1.28 bits per heavy atom. The predicted octanol–water partition coefficient (Wildman–Crippen LogP) is 4.66. The van der Waals surface area contributed by atoms with E-state index in [9.17, 15) is 9.59 Å². The molecule has 0 saturated carbocycles. The second kappa shape index (κ2) is 7.37. The number of benzene rings is 2. The first-order chi connectivity index (χ1) is 12.0. The van der Waals surface area contributed by atoms with Crippen LogP contribution in [0.4, 0.5) is 16.2 Å². The van der Waals surface area contributed by atoms with Crippen LogP contribution in [0.5, 0.6) is 0 Å². The smallest absolute Gasteiger partial charge is 0.339 e. The molecule has 2 aromatic carbocycles. The van der Waals surface area contributed by atoms with Gasteiger partial charge in [-0.3, -0.25) is 4.90 Å². The van der Waals surface area contributed by atoms with Crippen LogP contribution in [0, 0.1) is 0 Å². The number of ether oxygens (including phenoxy) is 1. The summed E-state index contributed by atoms with van der Waals surface area (Å²) in [6.07, 6.45) is 0. The zero-order valence-corrected chi connectivity index (χ0v) is 15.4. The molecule has 0 aromatic heterocycles. The normalized spacial score (nSPS) is 16.1. The molecule has 1 aliphatic rings. The van der Waals surface area contributed by atoms with Gasteiger partial charge in [-0.25, -0.2) is 9.59 Å². The van der Waals surface area contributed by atoms with E-state index in [1.165, 1.54) is 13.2 Å². The Balaban J connectivity index is 1.91. The van der Waals surface area contributed by atoms with Gasteiger partial charge in [0.15, 0.2) is 0 Å². The van der Waals surface area contributed by atoms with Crippen LogP contribution in [-0.2, 0) is 4.74 Å². The molecule has 1 N–H and O–H groups in total. The number of nitrogens with one attached hydrogen (secondary N) is 1. The number of rotatable bonds is 2. The van der Waals surface area contributed by atoms with Crippen molar-refractivity contribution in [2.45, 2.75) is 17.1 Å². The summed E-state index contributed by atoms with van der Waals surface area (Å²) in [5.74, 6) is -0.532. The number of carbonyl (C=O) groups is 2. The molecule has 5 nitrogen and oxygen atoms in total. The number of halogens is 1. The molecular formula is C18H17ClN2O3S. The summed E-state index contributed by atoms with van der Waals surface area (Å²) >= 11 is 7.75. The number of nitrogens with zero attached hydrogens (tertiary/aromatic N) is 1. The maximum Gasteiger partial charge on any atom is 0.339 e. The third kappa shape index (κ3) is 3.75. The number of thioether (sulfide) groups is 1. The van der Waals surface area contributed by atoms with Gasteiger partial charge < -0.3 is 10.1 Å². The fraction of sp³-hybridized carbons (Fsp3) is 0.222. The topological polar surface area (TPSA) is 58.6 Å².